The second-order valence-corrected chi connectivity index (χ2v) is 5.35. The van der Waals surface area contributed by atoms with Crippen LogP contribution in [0.15, 0.2) is 47.2 Å². The minimum Gasteiger partial charge on any atom is -0.494 e. The van der Waals surface area contributed by atoms with E-state index in [0.717, 1.165) is 35.4 Å². The van der Waals surface area contributed by atoms with E-state index in [9.17, 15) is 0 Å². The van der Waals surface area contributed by atoms with Gasteiger partial charge in [0.15, 0.2) is 0 Å². The molecule has 0 aliphatic heterocycles. The summed E-state index contributed by atoms with van der Waals surface area (Å²) in [7, 11) is 1.68. The summed E-state index contributed by atoms with van der Waals surface area (Å²) < 4.78 is 5.36. The molecule has 0 atom stereocenters. The highest BCUT2D eigenvalue weighted by Crippen LogP contribution is 2.23. The van der Waals surface area contributed by atoms with Crippen molar-refractivity contribution in [3.63, 3.8) is 0 Å². The first kappa shape index (κ1) is 13.1. The van der Waals surface area contributed by atoms with Gasteiger partial charge in [-0.15, -0.1) is 0 Å². The van der Waals surface area contributed by atoms with Crippen LogP contribution in [0, 0.1) is 0 Å². The van der Waals surface area contributed by atoms with Crippen molar-refractivity contribution in [1.29, 1.82) is 0 Å². The minimum atomic E-state index is 0.754. The van der Waals surface area contributed by atoms with Crippen molar-refractivity contribution in [2.75, 3.05) is 7.11 Å². The van der Waals surface area contributed by atoms with Gasteiger partial charge in [-0.05, 0) is 34.5 Å². The van der Waals surface area contributed by atoms with E-state index in [0.29, 0.717) is 0 Å². The van der Waals surface area contributed by atoms with Crippen molar-refractivity contribution in [2.24, 2.45) is 0 Å². The highest BCUT2D eigenvalue weighted by Gasteiger charge is 2.04. The van der Waals surface area contributed by atoms with Crippen LogP contribution in [-0.2, 0) is 13.1 Å². The predicted octanol–water partition coefficient (Wildman–Crippen LogP) is 3.59. The van der Waals surface area contributed by atoms with Gasteiger partial charge in [-0.2, -0.15) is 11.3 Å². The maximum Gasteiger partial charge on any atom is 0.145 e. The molecule has 1 N–H and O–H groups in total. The Bertz CT molecular complexity index is 695. The van der Waals surface area contributed by atoms with E-state index in [1.54, 1.807) is 18.4 Å². The molecule has 3 nitrogen and oxygen atoms in total. The van der Waals surface area contributed by atoms with Crippen molar-refractivity contribution in [2.45, 2.75) is 13.1 Å². The first-order chi connectivity index (χ1) is 9.86. The molecule has 2 heterocycles. The Labute approximate surface area is 122 Å². The second kappa shape index (κ2) is 6.03. The number of pyridine rings is 1. The quantitative estimate of drug-likeness (QED) is 0.777. The Morgan fingerprint density at radius 1 is 1.15 bits per heavy atom. The molecule has 0 aliphatic carbocycles. The van der Waals surface area contributed by atoms with Gasteiger partial charge in [-0.3, -0.25) is 0 Å². The molecule has 0 aliphatic rings. The van der Waals surface area contributed by atoms with E-state index in [1.807, 2.05) is 18.2 Å². The van der Waals surface area contributed by atoms with Gasteiger partial charge in [0, 0.05) is 18.5 Å². The third kappa shape index (κ3) is 2.81. The monoisotopic (exact) mass is 284 g/mol. The third-order valence-electron chi connectivity index (χ3n) is 3.18. The summed E-state index contributed by atoms with van der Waals surface area (Å²) in [6, 6.07) is 12.3. The number of ether oxygens (including phenoxy) is 1. The van der Waals surface area contributed by atoms with Crippen LogP contribution in [0.2, 0.25) is 0 Å². The lowest BCUT2D eigenvalue weighted by atomic mass is 10.2. The topological polar surface area (TPSA) is 34.1 Å². The standard InChI is InChI=1S/C16H16N2OS/c1-19-15-4-2-3-13-5-6-14(18-16(13)15)10-17-9-12-7-8-20-11-12/h2-8,11,17H,9-10H2,1H3. The molecule has 0 unspecified atom stereocenters. The van der Waals surface area contributed by atoms with Crippen molar-refractivity contribution in [3.8, 4) is 5.75 Å². The minimum absolute atomic E-state index is 0.754. The van der Waals surface area contributed by atoms with Crippen LogP contribution in [0.1, 0.15) is 11.3 Å². The number of rotatable bonds is 5. The van der Waals surface area contributed by atoms with Crippen molar-refractivity contribution < 1.29 is 4.74 Å². The number of nitrogens with one attached hydrogen (secondary N) is 1. The number of nitrogens with zero attached hydrogens (tertiary/aromatic N) is 1. The number of fused-ring (bicyclic) bond motifs is 1. The van der Waals surface area contributed by atoms with Crippen LogP contribution in [-0.4, -0.2) is 12.1 Å². The fourth-order valence-electron chi connectivity index (χ4n) is 2.15. The van der Waals surface area contributed by atoms with Crippen molar-refractivity contribution in [1.82, 2.24) is 10.3 Å². The number of hydrogen-bond acceptors (Lipinski definition) is 4. The van der Waals surface area contributed by atoms with Gasteiger partial charge in [0.05, 0.1) is 12.8 Å². The van der Waals surface area contributed by atoms with E-state index in [-0.39, 0.29) is 0 Å². The van der Waals surface area contributed by atoms with Crippen LogP contribution in [0.5, 0.6) is 5.75 Å². The number of thiophene rings is 1. The first-order valence-corrected chi connectivity index (χ1v) is 7.45. The Morgan fingerprint density at radius 2 is 2.10 bits per heavy atom. The molecule has 4 heteroatoms. The molecule has 1 aromatic carbocycles. The third-order valence-corrected chi connectivity index (χ3v) is 3.91. The van der Waals surface area contributed by atoms with Crippen LogP contribution in [0.3, 0.4) is 0 Å². The van der Waals surface area contributed by atoms with E-state index in [2.05, 4.69) is 39.3 Å². The Kier molecular flexibility index (Phi) is 3.95. The highest BCUT2D eigenvalue weighted by molar-refractivity contribution is 7.07. The van der Waals surface area contributed by atoms with Crippen LogP contribution < -0.4 is 10.1 Å². The maximum atomic E-state index is 5.36. The largest absolute Gasteiger partial charge is 0.494 e. The Morgan fingerprint density at radius 3 is 2.90 bits per heavy atom. The summed E-state index contributed by atoms with van der Waals surface area (Å²) >= 11 is 1.72. The molecule has 0 bridgehead atoms. The normalized spacial score (nSPS) is 10.8. The number of para-hydroxylation sites is 1. The molecule has 2 aromatic heterocycles. The van der Waals surface area contributed by atoms with Crippen molar-refractivity contribution >= 4 is 22.2 Å². The Hall–Kier alpha value is -1.91. The van der Waals surface area contributed by atoms with E-state index < -0.39 is 0 Å². The number of aromatic nitrogens is 1. The molecule has 0 amide bonds. The Balaban J connectivity index is 1.75. The van der Waals surface area contributed by atoms with Gasteiger partial charge >= 0.3 is 0 Å². The molecular formula is C16H16N2OS. The lowest BCUT2D eigenvalue weighted by molar-refractivity contribution is 0.418. The maximum absolute atomic E-state index is 5.36. The summed E-state index contributed by atoms with van der Waals surface area (Å²) in [6.07, 6.45) is 0. The molecule has 0 saturated heterocycles. The highest BCUT2D eigenvalue weighted by atomic mass is 32.1. The van der Waals surface area contributed by atoms with Gasteiger partial charge in [0.25, 0.3) is 0 Å². The van der Waals surface area contributed by atoms with Crippen LogP contribution >= 0.6 is 11.3 Å². The van der Waals surface area contributed by atoms with Gasteiger partial charge in [-0.25, -0.2) is 4.98 Å². The molecule has 20 heavy (non-hydrogen) atoms. The van der Waals surface area contributed by atoms with E-state index in [4.69, 9.17) is 4.74 Å². The molecular weight excluding hydrogens is 268 g/mol. The fourth-order valence-corrected chi connectivity index (χ4v) is 2.82. The first-order valence-electron chi connectivity index (χ1n) is 6.51. The zero-order valence-corrected chi connectivity index (χ0v) is 12.1. The van der Waals surface area contributed by atoms with Gasteiger partial charge < -0.3 is 10.1 Å². The molecule has 3 aromatic rings. The molecule has 102 valence electrons. The summed E-state index contributed by atoms with van der Waals surface area (Å²) in [6.45, 7) is 1.62. The van der Waals surface area contributed by atoms with Crippen LogP contribution in [0.25, 0.3) is 10.9 Å². The smallest absolute Gasteiger partial charge is 0.145 e. The molecule has 0 fully saturated rings. The molecule has 0 saturated carbocycles. The average molecular weight is 284 g/mol. The summed E-state index contributed by atoms with van der Waals surface area (Å²) in [4.78, 5) is 4.68. The number of hydrogen-bond donors (Lipinski definition) is 1. The SMILES string of the molecule is COc1cccc2ccc(CNCc3ccsc3)nc12. The van der Waals surface area contributed by atoms with Gasteiger partial charge in [-0.1, -0.05) is 18.2 Å². The molecule has 3 rings (SSSR count). The molecule has 0 spiro atoms. The zero-order valence-electron chi connectivity index (χ0n) is 11.3. The summed E-state index contributed by atoms with van der Waals surface area (Å²) in [5, 5.41) is 8.76. The van der Waals surface area contributed by atoms with Gasteiger partial charge in [0.1, 0.15) is 11.3 Å². The average Bonchev–Trinajstić information content (AvgIpc) is 3.00. The van der Waals surface area contributed by atoms with E-state index >= 15 is 0 Å². The number of methoxy groups -OCH3 is 1. The summed E-state index contributed by atoms with van der Waals surface area (Å²) in [5.74, 6) is 0.821. The lowest BCUT2D eigenvalue weighted by Gasteiger charge is -2.07. The number of benzene rings is 1. The van der Waals surface area contributed by atoms with E-state index in [1.165, 1.54) is 5.56 Å². The molecule has 0 radical (unpaired) electrons. The predicted molar refractivity (Wildman–Crippen MR) is 83.2 cm³/mol. The zero-order chi connectivity index (χ0) is 13.8. The second-order valence-electron chi connectivity index (χ2n) is 4.57. The van der Waals surface area contributed by atoms with Crippen molar-refractivity contribution in [3.05, 3.63) is 58.4 Å². The summed E-state index contributed by atoms with van der Waals surface area (Å²) in [5.41, 5.74) is 3.26. The van der Waals surface area contributed by atoms with Gasteiger partial charge in [0.2, 0.25) is 0 Å². The lowest BCUT2D eigenvalue weighted by Crippen LogP contribution is -2.13. The van der Waals surface area contributed by atoms with Crippen LogP contribution in [0.4, 0.5) is 0 Å². The fraction of sp³-hybridized carbons (Fsp3) is 0.188.